The predicted octanol–water partition coefficient (Wildman–Crippen LogP) is 2.16. The van der Waals surface area contributed by atoms with Gasteiger partial charge in [-0.2, -0.15) is 10.5 Å². The van der Waals surface area contributed by atoms with Gasteiger partial charge in [-0.25, -0.2) is 0 Å². The van der Waals surface area contributed by atoms with Crippen molar-refractivity contribution < 1.29 is 9.47 Å². The van der Waals surface area contributed by atoms with Gasteiger partial charge in [0.05, 0.1) is 23.3 Å². The second-order valence-corrected chi connectivity index (χ2v) is 6.03. The summed E-state index contributed by atoms with van der Waals surface area (Å²) in [4.78, 5) is 0. The Hall–Kier alpha value is -3.70. The lowest BCUT2D eigenvalue weighted by Gasteiger charge is -2.32. The minimum absolute atomic E-state index is 0.125. The number of benzene rings is 3. The van der Waals surface area contributed by atoms with Crippen LogP contribution in [0.4, 0.5) is 0 Å². The van der Waals surface area contributed by atoms with Gasteiger partial charge < -0.3 is 9.47 Å². The summed E-state index contributed by atoms with van der Waals surface area (Å²) in [5.74, 6) is 2.94. The van der Waals surface area contributed by atoms with Crippen molar-refractivity contribution in [3.63, 3.8) is 0 Å². The molecule has 2 aliphatic heterocycles. The van der Waals surface area contributed by atoms with E-state index in [4.69, 9.17) is 9.47 Å². The van der Waals surface area contributed by atoms with Crippen LogP contribution in [-0.4, -0.2) is 6.71 Å². The highest BCUT2D eigenvalue weighted by molar-refractivity contribution is 6.98. The van der Waals surface area contributed by atoms with E-state index in [0.717, 1.165) is 39.4 Å². The summed E-state index contributed by atoms with van der Waals surface area (Å²) in [5.41, 5.74) is 3.92. The highest BCUT2D eigenvalue weighted by Gasteiger charge is 2.40. The number of fused-ring (bicyclic) bond motifs is 4. The van der Waals surface area contributed by atoms with Gasteiger partial charge in [0.1, 0.15) is 23.0 Å². The summed E-state index contributed by atoms with van der Waals surface area (Å²) < 4.78 is 12.1. The summed E-state index contributed by atoms with van der Waals surface area (Å²) in [6.07, 6.45) is 0. The first-order valence-electron chi connectivity index (χ1n) is 7.85. The van der Waals surface area contributed by atoms with Crippen LogP contribution in [0, 0.1) is 22.7 Å². The first kappa shape index (κ1) is 13.7. The van der Waals surface area contributed by atoms with Crippen molar-refractivity contribution in [3.8, 4) is 35.1 Å². The molecule has 0 spiro atoms. The highest BCUT2D eigenvalue weighted by Crippen LogP contribution is 2.34. The van der Waals surface area contributed by atoms with Crippen molar-refractivity contribution in [3.05, 3.63) is 65.7 Å². The summed E-state index contributed by atoms with van der Waals surface area (Å²) in [7, 11) is 0. The van der Waals surface area contributed by atoms with Gasteiger partial charge in [0.2, 0.25) is 0 Å². The van der Waals surface area contributed by atoms with Gasteiger partial charge in [0, 0.05) is 5.46 Å². The lowest BCUT2D eigenvalue weighted by Crippen LogP contribution is -2.57. The fraction of sp³-hybridized carbons (Fsp3) is 0. The molecular weight excluding hydrogens is 311 g/mol. The molecule has 5 heteroatoms. The Morgan fingerprint density at radius 2 is 1.20 bits per heavy atom. The van der Waals surface area contributed by atoms with Gasteiger partial charge in [-0.15, -0.1) is 0 Å². The second kappa shape index (κ2) is 4.90. The molecule has 2 heterocycles. The Bertz CT molecular complexity index is 1060. The molecule has 0 aliphatic carbocycles. The second-order valence-electron chi connectivity index (χ2n) is 6.03. The minimum Gasteiger partial charge on any atom is -0.458 e. The van der Waals surface area contributed by atoms with Crippen molar-refractivity contribution in [1.29, 1.82) is 10.5 Å². The molecule has 0 saturated heterocycles. The van der Waals surface area contributed by atoms with Gasteiger partial charge in [0.15, 0.2) is 0 Å². The van der Waals surface area contributed by atoms with Crippen LogP contribution in [0.15, 0.2) is 54.6 Å². The summed E-state index contributed by atoms with van der Waals surface area (Å²) >= 11 is 0. The zero-order chi connectivity index (χ0) is 17.0. The predicted molar refractivity (Wildman–Crippen MR) is 93.6 cm³/mol. The molecule has 0 unspecified atom stereocenters. The third-order valence-electron chi connectivity index (χ3n) is 4.65. The largest absolute Gasteiger partial charge is 0.458 e. The number of hydrogen-bond donors (Lipinski definition) is 0. The zero-order valence-electron chi connectivity index (χ0n) is 13.0. The maximum Gasteiger partial charge on any atom is 0.260 e. The highest BCUT2D eigenvalue weighted by atomic mass is 16.5. The maximum absolute atomic E-state index is 9.28. The smallest absolute Gasteiger partial charge is 0.260 e. The Labute approximate surface area is 144 Å². The van der Waals surface area contributed by atoms with E-state index in [2.05, 4.69) is 12.1 Å². The molecule has 0 amide bonds. The molecular formula is C20H9BN2O2. The van der Waals surface area contributed by atoms with Crippen LogP contribution < -0.4 is 25.9 Å². The molecule has 0 atom stereocenters. The molecule has 2 aliphatic rings. The van der Waals surface area contributed by atoms with Crippen LogP contribution in [0.5, 0.6) is 23.0 Å². The lowest BCUT2D eigenvalue weighted by molar-refractivity contribution is 0.464. The standard InChI is InChI=1S/C20H9BN2O2/c22-10-12-4-6-16-14(8-12)21-15-9-13(11-23)5-7-17(15)25-19-3-1-2-18(24-16)20(19)21/h1-9H. The normalized spacial score (nSPS) is 12.5. The van der Waals surface area contributed by atoms with E-state index in [1.165, 1.54) is 0 Å². The van der Waals surface area contributed by atoms with Crippen LogP contribution in [0.3, 0.4) is 0 Å². The van der Waals surface area contributed by atoms with E-state index in [-0.39, 0.29) is 6.71 Å². The Kier molecular flexibility index (Phi) is 2.69. The molecule has 0 aromatic heterocycles. The molecule has 0 saturated carbocycles. The third kappa shape index (κ3) is 1.87. The van der Waals surface area contributed by atoms with Crippen LogP contribution in [0.25, 0.3) is 0 Å². The molecule has 4 nitrogen and oxygen atoms in total. The molecule has 5 rings (SSSR count). The van der Waals surface area contributed by atoms with E-state index in [9.17, 15) is 10.5 Å². The van der Waals surface area contributed by atoms with Crippen LogP contribution in [0.1, 0.15) is 11.1 Å². The minimum atomic E-state index is -0.125. The van der Waals surface area contributed by atoms with Crippen LogP contribution in [0.2, 0.25) is 0 Å². The first-order chi connectivity index (χ1) is 12.3. The quantitative estimate of drug-likeness (QED) is 0.410. The molecule has 0 fully saturated rings. The number of ether oxygens (including phenoxy) is 2. The van der Waals surface area contributed by atoms with E-state index in [1.807, 2.05) is 42.5 Å². The number of nitrogens with zero attached hydrogens (tertiary/aromatic N) is 2. The van der Waals surface area contributed by atoms with Crippen molar-refractivity contribution in [2.24, 2.45) is 0 Å². The Morgan fingerprint density at radius 3 is 1.68 bits per heavy atom. The molecule has 3 aromatic rings. The zero-order valence-corrected chi connectivity index (χ0v) is 13.0. The molecule has 3 aromatic carbocycles. The van der Waals surface area contributed by atoms with Crippen molar-refractivity contribution >= 4 is 23.1 Å². The van der Waals surface area contributed by atoms with Gasteiger partial charge in [-0.05, 0) is 59.5 Å². The molecule has 0 bridgehead atoms. The molecule has 0 N–H and O–H groups in total. The van der Waals surface area contributed by atoms with Gasteiger partial charge in [-0.1, -0.05) is 6.07 Å². The number of rotatable bonds is 0. The van der Waals surface area contributed by atoms with Crippen LogP contribution >= 0.6 is 0 Å². The van der Waals surface area contributed by atoms with Crippen molar-refractivity contribution in [1.82, 2.24) is 0 Å². The van der Waals surface area contributed by atoms with Gasteiger partial charge in [-0.3, -0.25) is 0 Å². The monoisotopic (exact) mass is 320 g/mol. The number of hydrogen-bond acceptors (Lipinski definition) is 4. The fourth-order valence-electron chi connectivity index (χ4n) is 3.57. The lowest BCUT2D eigenvalue weighted by atomic mass is 9.34. The Balaban J connectivity index is 1.85. The van der Waals surface area contributed by atoms with Gasteiger partial charge in [0.25, 0.3) is 6.71 Å². The van der Waals surface area contributed by atoms with E-state index in [0.29, 0.717) is 11.1 Å². The van der Waals surface area contributed by atoms with E-state index < -0.39 is 0 Å². The SMILES string of the molecule is N#Cc1ccc2c(c1)B1c3cc(C#N)ccc3Oc3cccc(c31)O2. The van der Waals surface area contributed by atoms with E-state index in [1.54, 1.807) is 12.1 Å². The first-order valence-corrected chi connectivity index (χ1v) is 7.85. The topological polar surface area (TPSA) is 66.0 Å². The summed E-state index contributed by atoms with van der Waals surface area (Å²) in [6.45, 7) is -0.125. The van der Waals surface area contributed by atoms with Crippen molar-refractivity contribution in [2.45, 2.75) is 0 Å². The summed E-state index contributed by atoms with van der Waals surface area (Å²) in [6, 6.07) is 21.0. The van der Waals surface area contributed by atoms with Crippen molar-refractivity contribution in [2.75, 3.05) is 0 Å². The summed E-state index contributed by atoms with van der Waals surface area (Å²) in [5, 5.41) is 18.6. The maximum atomic E-state index is 9.28. The third-order valence-corrected chi connectivity index (χ3v) is 4.65. The average molecular weight is 320 g/mol. The van der Waals surface area contributed by atoms with Crippen LogP contribution in [-0.2, 0) is 0 Å². The number of nitriles is 2. The van der Waals surface area contributed by atoms with E-state index >= 15 is 0 Å². The molecule has 0 radical (unpaired) electrons. The molecule has 25 heavy (non-hydrogen) atoms. The Morgan fingerprint density at radius 1 is 0.680 bits per heavy atom. The molecule has 114 valence electrons. The van der Waals surface area contributed by atoms with Gasteiger partial charge >= 0.3 is 0 Å². The average Bonchev–Trinajstić information content (AvgIpc) is 2.67. The fourth-order valence-corrected chi connectivity index (χ4v) is 3.57.